The molecule has 2 bridgehead atoms. The highest BCUT2D eigenvalue weighted by Crippen LogP contribution is 2.60. The number of carbonyl (C=O) groups excluding carboxylic acids is 1. The van der Waals surface area contributed by atoms with Gasteiger partial charge in [0.15, 0.2) is 17.3 Å². The van der Waals surface area contributed by atoms with Gasteiger partial charge in [-0.25, -0.2) is 4.79 Å². The van der Waals surface area contributed by atoms with Crippen LogP contribution in [-0.2, 0) is 14.3 Å². The molecule has 130 valence electrons. The first kappa shape index (κ1) is 15.8. The van der Waals surface area contributed by atoms with Gasteiger partial charge in [-0.15, -0.1) is 0 Å². The molecule has 24 heavy (non-hydrogen) atoms. The molecule has 0 aromatic heterocycles. The molecule has 8 heteroatoms. The third-order valence-corrected chi connectivity index (χ3v) is 5.60. The largest absolute Gasteiger partial charge is 0.508 e. The summed E-state index contributed by atoms with van der Waals surface area (Å²) in [4.78, 5) is 12.0. The monoisotopic (exact) mass is 338 g/mol. The van der Waals surface area contributed by atoms with Gasteiger partial charge in [0.05, 0.1) is 12.2 Å². The topological polar surface area (TPSA) is 137 Å². The van der Waals surface area contributed by atoms with E-state index in [1.807, 2.05) is 0 Å². The summed E-state index contributed by atoms with van der Waals surface area (Å²) in [5.74, 6) is -1.33. The van der Waals surface area contributed by atoms with Crippen LogP contribution in [0.25, 0.3) is 0 Å². The maximum absolute atomic E-state index is 12.0. The van der Waals surface area contributed by atoms with Crippen molar-refractivity contribution in [2.75, 3.05) is 0 Å². The summed E-state index contributed by atoms with van der Waals surface area (Å²) in [7, 11) is 0. The molecule has 0 radical (unpaired) electrons. The molecular formula is C16H18O8. The fourth-order valence-corrected chi connectivity index (χ4v) is 4.34. The Hall–Kier alpha value is -1.71. The number of phenols is 1. The molecule has 3 aliphatic rings. The molecule has 0 saturated carbocycles. The van der Waals surface area contributed by atoms with Gasteiger partial charge in [-0.2, -0.15) is 0 Å². The average Bonchev–Trinajstić information content (AvgIpc) is 2.54. The predicted molar refractivity (Wildman–Crippen MR) is 76.8 cm³/mol. The SMILES string of the molecule is C[C@@H]1O[C@@H]2C[C@]3(OC(=O)[C@@H]2O)[C@H](O)c2cccc(O)c2[C@H](O)[C@@]13O. The van der Waals surface area contributed by atoms with Gasteiger partial charge in [-0.3, -0.25) is 0 Å². The number of hydrogen-bond donors (Lipinski definition) is 5. The Morgan fingerprint density at radius 2 is 1.92 bits per heavy atom. The number of hydrogen-bond acceptors (Lipinski definition) is 8. The van der Waals surface area contributed by atoms with Gasteiger partial charge in [0.2, 0.25) is 0 Å². The van der Waals surface area contributed by atoms with Crippen molar-refractivity contribution in [3.05, 3.63) is 29.3 Å². The minimum absolute atomic E-state index is 0.0332. The van der Waals surface area contributed by atoms with E-state index in [1.165, 1.54) is 25.1 Å². The molecule has 1 spiro atoms. The Labute approximate surface area is 136 Å². The van der Waals surface area contributed by atoms with Crippen LogP contribution in [0.4, 0.5) is 0 Å². The van der Waals surface area contributed by atoms with E-state index >= 15 is 0 Å². The number of aliphatic hydroxyl groups excluding tert-OH is 3. The number of benzene rings is 1. The van der Waals surface area contributed by atoms with Crippen molar-refractivity contribution in [2.45, 2.75) is 55.1 Å². The predicted octanol–water partition coefficient (Wildman–Crippen LogP) is -0.962. The molecule has 1 aromatic rings. The number of ether oxygens (including phenoxy) is 2. The fourth-order valence-electron chi connectivity index (χ4n) is 4.34. The highest BCUT2D eigenvalue weighted by Gasteiger charge is 2.74. The summed E-state index contributed by atoms with van der Waals surface area (Å²) in [5, 5.41) is 52.9. The van der Waals surface area contributed by atoms with Crippen molar-refractivity contribution >= 4 is 5.97 Å². The molecular weight excluding hydrogens is 320 g/mol. The molecule has 0 amide bonds. The Balaban J connectivity index is 1.98. The van der Waals surface area contributed by atoms with E-state index in [0.717, 1.165) is 0 Å². The fraction of sp³-hybridized carbons (Fsp3) is 0.562. The van der Waals surface area contributed by atoms with Crippen LogP contribution in [0.3, 0.4) is 0 Å². The lowest BCUT2D eigenvalue weighted by atomic mass is 9.59. The van der Waals surface area contributed by atoms with Crippen molar-refractivity contribution in [1.82, 2.24) is 0 Å². The molecule has 2 saturated heterocycles. The van der Waals surface area contributed by atoms with Crippen molar-refractivity contribution in [3.63, 3.8) is 0 Å². The molecule has 2 aliphatic heterocycles. The zero-order valence-electron chi connectivity index (χ0n) is 12.8. The number of fused-ring (bicyclic) bond motifs is 2. The Morgan fingerprint density at radius 1 is 1.21 bits per heavy atom. The first-order valence-corrected chi connectivity index (χ1v) is 7.70. The summed E-state index contributed by atoms with van der Waals surface area (Å²) < 4.78 is 10.8. The van der Waals surface area contributed by atoms with Crippen LogP contribution >= 0.6 is 0 Å². The molecule has 1 aliphatic carbocycles. The van der Waals surface area contributed by atoms with Gasteiger partial charge in [0.1, 0.15) is 18.0 Å². The number of esters is 1. The average molecular weight is 338 g/mol. The van der Waals surface area contributed by atoms with E-state index in [1.54, 1.807) is 0 Å². The molecule has 7 atom stereocenters. The zero-order chi connectivity index (χ0) is 17.4. The van der Waals surface area contributed by atoms with E-state index in [0.29, 0.717) is 0 Å². The number of carbonyl (C=O) groups is 1. The van der Waals surface area contributed by atoms with Crippen LogP contribution in [0.15, 0.2) is 18.2 Å². The second-order valence-corrected chi connectivity index (χ2v) is 6.69. The molecule has 5 N–H and O–H groups in total. The molecule has 4 rings (SSSR count). The highest BCUT2D eigenvalue weighted by atomic mass is 16.6. The minimum atomic E-state index is -2.19. The molecule has 1 aromatic carbocycles. The Morgan fingerprint density at radius 3 is 2.62 bits per heavy atom. The molecule has 8 nitrogen and oxygen atoms in total. The lowest BCUT2D eigenvalue weighted by molar-refractivity contribution is -0.358. The van der Waals surface area contributed by atoms with Gasteiger partial charge in [0.25, 0.3) is 0 Å². The number of aromatic hydroxyl groups is 1. The van der Waals surface area contributed by atoms with E-state index in [2.05, 4.69) is 0 Å². The Kier molecular flexibility index (Phi) is 3.08. The van der Waals surface area contributed by atoms with E-state index in [4.69, 9.17) is 9.47 Å². The van der Waals surface area contributed by atoms with E-state index < -0.39 is 47.7 Å². The van der Waals surface area contributed by atoms with Crippen LogP contribution in [0.2, 0.25) is 0 Å². The third kappa shape index (κ3) is 1.57. The smallest absolute Gasteiger partial charge is 0.338 e. The summed E-state index contributed by atoms with van der Waals surface area (Å²) in [5.41, 5.74) is -3.95. The maximum Gasteiger partial charge on any atom is 0.338 e. The van der Waals surface area contributed by atoms with Gasteiger partial charge in [-0.05, 0) is 18.6 Å². The van der Waals surface area contributed by atoms with Gasteiger partial charge < -0.3 is 35.0 Å². The minimum Gasteiger partial charge on any atom is -0.508 e. The summed E-state index contributed by atoms with van der Waals surface area (Å²) in [6.07, 6.45) is -6.92. The second kappa shape index (κ2) is 4.68. The van der Waals surface area contributed by atoms with Gasteiger partial charge in [0, 0.05) is 12.0 Å². The number of phenolic OH excluding ortho intramolecular Hbond substituents is 1. The van der Waals surface area contributed by atoms with Gasteiger partial charge >= 0.3 is 5.97 Å². The maximum atomic E-state index is 12.0. The van der Waals surface area contributed by atoms with Crippen molar-refractivity contribution in [2.24, 2.45) is 0 Å². The summed E-state index contributed by atoms with van der Waals surface area (Å²) >= 11 is 0. The van der Waals surface area contributed by atoms with Crippen LogP contribution < -0.4 is 0 Å². The van der Waals surface area contributed by atoms with Crippen molar-refractivity contribution in [1.29, 1.82) is 0 Å². The highest BCUT2D eigenvalue weighted by molar-refractivity contribution is 5.77. The zero-order valence-corrected chi connectivity index (χ0v) is 12.8. The first-order chi connectivity index (χ1) is 11.2. The standard InChI is InChI=1S/C16H18O8/c1-6-16(22)13(20)10-7(3-2-4-8(10)17)12(19)15(16)5-9(23-6)11(18)14(21)24-15/h2-4,6,9,11-13,17-20,22H,5H2,1H3/t6-,9+,11+,12+,13-,15-,16-/m0/s1. The molecule has 0 unspecified atom stereocenters. The second-order valence-electron chi connectivity index (χ2n) is 6.69. The van der Waals surface area contributed by atoms with Crippen LogP contribution in [-0.4, -0.2) is 61.0 Å². The molecule has 2 fully saturated rings. The number of rotatable bonds is 0. The lowest BCUT2D eigenvalue weighted by Crippen LogP contribution is -2.77. The van der Waals surface area contributed by atoms with Gasteiger partial charge in [-0.1, -0.05) is 12.1 Å². The lowest BCUT2D eigenvalue weighted by Gasteiger charge is -2.62. The number of aliphatic hydroxyl groups is 4. The third-order valence-electron chi connectivity index (χ3n) is 5.60. The van der Waals surface area contributed by atoms with Crippen LogP contribution in [0.1, 0.15) is 36.7 Å². The molecule has 2 heterocycles. The van der Waals surface area contributed by atoms with Crippen LogP contribution in [0.5, 0.6) is 5.75 Å². The normalized spacial score (nSPS) is 46.7. The summed E-state index contributed by atoms with van der Waals surface area (Å²) in [6.45, 7) is 1.45. The quantitative estimate of drug-likeness (QED) is 0.381. The summed E-state index contributed by atoms with van der Waals surface area (Å²) in [6, 6.07) is 4.28. The van der Waals surface area contributed by atoms with E-state index in [-0.39, 0.29) is 23.3 Å². The van der Waals surface area contributed by atoms with Crippen molar-refractivity contribution < 1.29 is 39.8 Å². The Bertz CT molecular complexity index is 720. The van der Waals surface area contributed by atoms with E-state index in [9.17, 15) is 30.3 Å². The first-order valence-electron chi connectivity index (χ1n) is 7.70. The van der Waals surface area contributed by atoms with Crippen LogP contribution in [0, 0.1) is 0 Å². The van der Waals surface area contributed by atoms with Crippen molar-refractivity contribution in [3.8, 4) is 5.75 Å².